The van der Waals surface area contributed by atoms with Crippen molar-refractivity contribution in [2.45, 2.75) is 35.5 Å². The molecule has 2 aromatic rings. The topological polar surface area (TPSA) is 352 Å². The summed E-state index contributed by atoms with van der Waals surface area (Å²) in [6.07, 6.45) is -4.18. The van der Waals surface area contributed by atoms with E-state index in [0.717, 1.165) is 24.1 Å². The van der Waals surface area contributed by atoms with Crippen LogP contribution < -0.4 is 11.5 Å². The van der Waals surface area contributed by atoms with Gasteiger partial charge in [0.1, 0.15) is 52.4 Å². The molecule has 10 atom stereocenters. The molecule has 0 fully saturated rings. The number of nitrogens with zero attached hydrogens (tertiary/aromatic N) is 2. The molecule has 0 saturated heterocycles. The first-order chi connectivity index (χ1) is 30.3. The van der Waals surface area contributed by atoms with Crippen LogP contribution in [-0.4, -0.2) is 154 Å². The lowest BCUT2D eigenvalue weighted by Crippen LogP contribution is -2.69. The number of aliphatic hydroxyl groups excluding tert-OH is 5. The van der Waals surface area contributed by atoms with Gasteiger partial charge in [0.15, 0.2) is 22.8 Å². The summed E-state index contributed by atoms with van der Waals surface area (Å²) in [4.78, 5) is 85.2. The second kappa shape index (κ2) is 14.7. The third-order valence-corrected chi connectivity index (χ3v) is 13.9. The van der Waals surface area contributed by atoms with Crippen LogP contribution in [0.4, 0.5) is 0 Å². The van der Waals surface area contributed by atoms with Gasteiger partial charge in [0.25, 0.3) is 11.8 Å². The van der Waals surface area contributed by atoms with Gasteiger partial charge in [0.2, 0.25) is 11.6 Å². The van der Waals surface area contributed by atoms with Gasteiger partial charge >= 0.3 is 0 Å². The van der Waals surface area contributed by atoms with Gasteiger partial charge in [-0.25, -0.2) is 0 Å². The number of primary amides is 2. The van der Waals surface area contributed by atoms with E-state index in [0.29, 0.717) is 0 Å². The largest absolute Gasteiger partial charge is 0.510 e. The molecule has 21 heteroatoms. The Labute approximate surface area is 372 Å². The lowest BCUT2D eigenvalue weighted by atomic mass is 9.56. The molecule has 8 rings (SSSR count). The van der Waals surface area contributed by atoms with Crippen molar-refractivity contribution in [2.75, 3.05) is 27.9 Å². The predicted molar refractivity (Wildman–Crippen MR) is 223 cm³/mol. The summed E-state index contributed by atoms with van der Waals surface area (Å²) in [5.41, 5.74) is -0.731. The van der Waals surface area contributed by atoms with Gasteiger partial charge in [-0.2, -0.15) is 0 Å². The monoisotopic (exact) mass is 916 g/mol. The first-order valence-electron chi connectivity index (χ1n) is 19.7. The Kier molecular flexibility index (Phi) is 10.2. The maximum atomic E-state index is 14.7. The minimum Gasteiger partial charge on any atom is -0.510 e. The molecule has 6 aliphatic rings. The van der Waals surface area contributed by atoms with Gasteiger partial charge < -0.3 is 62.2 Å². The molecule has 0 bridgehead atoms. The van der Waals surface area contributed by atoms with Crippen molar-refractivity contribution >= 4 is 57.7 Å². The van der Waals surface area contributed by atoms with Crippen molar-refractivity contribution in [3.05, 3.63) is 116 Å². The van der Waals surface area contributed by atoms with Crippen LogP contribution in [-0.2, 0) is 23.9 Å². The fourth-order valence-electron chi connectivity index (χ4n) is 10.8. The van der Waals surface area contributed by atoms with Gasteiger partial charge in [-0.15, -0.1) is 0 Å². The Balaban J connectivity index is 1.33. The summed E-state index contributed by atoms with van der Waals surface area (Å²) < 4.78 is 6.20. The summed E-state index contributed by atoms with van der Waals surface area (Å²) in [7, 11) is 3.82. The van der Waals surface area contributed by atoms with E-state index in [2.05, 4.69) is 13.2 Å². The van der Waals surface area contributed by atoms with E-state index in [1.807, 2.05) is 0 Å². The number of benzene rings is 2. The molecule has 340 valence electrons. The van der Waals surface area contributed by atoms with Crippen LogP contribution in [0, 0.1) is 23.7 Å². The summed E-state index contributed by atoms with van der Waals surface area (Å²) in [5.74, 6) is -21.9. The smallest absolute Gasteiger partial charge is 0.255 e. The molecular formula is C44H41ClN4O16. The minimum absolute atomic E-state index is 0.0236. The molecule has 2 amide bonds. The normalized spacial score (nSPS) is 32.0. The summed E-state index contributed by atoms with van der Waals surface area (Å²) in [6.45, 7) is 6.90. The average molecular weight is 917 g/mol. The third kappa shape index (κ3) is 5.59. The van der Waals surface area contributed by atoms with Crippen LogP contribution >= 0.6 is 11.6 Å². The molecule has 0 heterocycles. The molecule has 2 aromatic carbocycles. The highest BCUT2D eigenvalue weighted by Gasteiger charge is 2.70. The quantitative estimate of drug-likeness (QED) is 0.124. The molecule has 0 aliphatic heterocycles. The molecule has 20 nitrogen and oxygen atoms in total. The van der Waals surface area contributed by atoms with Gasteiger partial charge in [-0.3, -0.25) is 38.6 Å². The number of aromatic hydroxyl groups is 2. The number of halogens is 1. The number of ether oxygens (including phenoxy) is 1. The van der Waals surface area contributed by atoms with Crippen LogP contribution in [0.1, 0.15) is 31.8 Å². The zero-order chi connectivity index (χ0) is 48.0. The fraction of sp³-hybridized carbons (Fsp3) is 0.318. The van der Waals surface area contributed by atoms with E-state index in [1.165, 1.54) is 37.2 Å². The molecule has 6 aliphatic carbocycles. The van der Waals surface area contributed by atoms with Crippen LogP contribution in [0.2, 0.25) is 5.02 Å². The summed E-state index contributed by atoms with van der Waals surface area (Å²) in [6, 6.07) is 2.53. The van der Waals surface area contributed by atoms with Crippen molar-refractivity contribution in [1.82, 2.24) is 9.80 Å². The lowest BCUT2D eigenvalue weighted by molar-refractivity contribution is -0.170. The highest BCUT2D eigenvalue weighted by Crippen LogP contribution is 2.58. The number of carbonyl (C=O) groups is 6. The number of aliphatic hydroxyl groups is 7. The number of phenols is 2. The minimum atomic E-state index is -3.43. The Morgan fingerprint density at radius 2 is 1.23 bits per heavy atom. The number of amides is 2. The lowest BCUT2D eigenvalue weighted by Gasteiger charge is -2.54. The van der Waals surface area contributed by atoms with E-state index in [1.54, 1.807) is 0 Å². The molecule has 0 radical (unpaired) electrons. The molecule has 0 spiro atoms. The molecule has 4 unspecified atom stereocenters. The molecule has 0 aromatic heterocycles. The highest BCUT2D eigenvalue weighted by atomic mass is 35.5. The van der Waals surface area contributed by atoms with Crippen molar-refractivity contribution in [1.29, 1.82) is 0 Å². The molecular weight excluding hydrogens is 876 g/mol. The van der Waals surface area contributed by atoms with E-state index in [9.17, 15) is 74.7 Å². The Morgan fingerprint density at radius 1 is 0.723 bits per heavy atom. The number of phenolic OH excluding ortho intramolecular Hbond substituents is 2. The number of rotatable bonds is 7. The van der Waals surface area contributed by atoms with Crippen molar-refractivity contribution in [3.8, 4) is 11.5 Å². The number of fused-ring (bicyclic) bond motifs is 6. The predicted octanol–water partition coefficient (Wildman–Crippen LogP) is -0.422. The number of ketones is 4. The maximum absolute atomic E-state index is 14.7. The molecule has 65 heavy (non-hydrogen) atoms. The van der Waals surface area contributed by atoms with Crippen LogP contribution in [0.3, 0.4) is 0 Å². The van der Waals surface area contributed by atoms with E-state index < -0.39 is 163 Å². The number of Topliss-reactive ketones (excluding diaryl/α,β-unsaturated/α-hetero) is 4. The number of nitrogens with two attached hydrogens (primary N) is 2. The first-order valence-corrected chi connectivity index (χ1v) is 20.0. The first kappa shape index (κ1) is 44.9. The maximum Gasteiger partial charge on any atom is 0.255 e. The van der Waals surface area contributed by atoms with Crippen LogP contribution in [0.15, 0.2) is 88.8 Å². The highest BCUT2D eigenvalue weighted by molar-refractivity contribution is 6.35. The van der Waals surface area contributed by atoms with Gasteiger partial charge in [-0.1, -0.05) is 36.9 Å². The zero-order valence-electron chi connectivity index (χ0n) is 34.4. The van der Waals surface area contributed by atoms with Crippen molar-refractivity contribution in [2.24, 2.45) is 35.1 Å². The van der Waals surface area contributed by atoms with Gasteiger partial charge in [0.05, 0.1) is 58.4 Å². The Morgan fingerprint density at radius 3 is 1.80 bits per heavy atom. The Bertz CT molecular complexity index is 2830. The van der Waals surface area contributed by atoms with Gasteiger partial charge in [0, 0.05) is 22.4 Å². The van der Waals surface area contributed by atoms with Crippen LogP contribution in [0.5, 0.6) is 11.5 Å². The number of hydrogen-bond donors (Lipinski definition) is 11. The van der Waals surface area contributed by atoms with E-state index >= 15 is 0 Å². The third-order valence-electron chi connectivity index (χ3n) is 13.6. The van der Waals surface area contributed by atoms with E-state index in [-0.39, 0.29) is 32.9 Å². The Hall–Kier alpha value is -6.65. The fourth-order valence-corrected chi connectivity index (χ4v) is 11.1. The zero-order valence-corrected chi connectivity index (χ0v) is 35.2. The van der Waals surface area contributed by atoms with Crippen LogP contribution in [0.25, 0.3) is 11.1 Å². The van der Waals surface area contributed by atoms with Crippen molar-refractivity contribution in [3.63, 3.8) is 0 Å². The van der Waals surface area contributed by atoms with Gasteiger partial charge in [-0.05, 0) is 56.1 Å². The molecule has 0 saturated carbocycles. The number of carbonyl (C=O) groups excluding carboxylic acids is 6. The summed E-state index contributed by atoms with van der Waals surface area (Å²) in [5, 5.41) is 106. The second-order valence-corrected chi connectivity index (χ2v) is 17.4. The second-order valence-electron chi connectivity index (χ2n) is 17.0. The van der Waals surface area contributed by atoms with Crippen molar-refractivity contribution < 1.29 is 79.5 Å². The summed E-state index contributed by atoms with van der Waals surface area (Å²) >= 11 is 6.51. The molecule has 13 N–H and O–H groups in total. The van der Waals surface area contributed by atoms with E-state index in [4.69, 9.17) is 27.8 Å². The standard InChI is InChI=1S/C44H41ClN4O16/c1-12-14-7-6-8-16(50)21(14)31(52)23-19(12)33(54)28-30(36(57)26(42(47)62)38(59)43(28,63)37(23)58)49(5)11-65-40-24-20(13(2)18-15(45)9-10-17(51)22(18)32(24)53)34(55)27-29(48(3)4)35(56)25(41(46)61)39(60)44(27,40)64/h6-10,19-20,27-30,33-34,50-51,54-58,63-64H,1-2,11H2,3-5H3,(H2,46,61)(H2,47,62)/t19?,20?,27-,28-,29?,30?,33+,34+,43+,44-/m1/s1. The SMILES string of the molecule is C=C1c2c(Cl)ccc(O)c2C(=O)C2=C(OCN(C)C3C(O)=C(C(N)=O)C(=O)[C@@]4(O)C(O)=C5C(=O)c6c(O)cccc6C(=C)C5[C@H](O)[C@@H]34)[C@]3(O)C(=O)C(C(N)=O)=C(O)C(N(C)C)[C@@H]3[C@@H](O)C12. The number of likely N-dealkylation sites (N-methyl/N-ethyl adjacent to an activating group) is 2. The average Bonchev–Trinajstić information content (AvgIpc) is 3.22. The number of hydrogen-bond acceptors (Lipinski definition) is 18.